The number of rotatable bonds is 6. The Labute approximate surface area is 121 Å². The van der Waals surface area contributed by atoms with Crippen molar-refractivity contribution in [2.24, 2.45) is 0 Å². The highest BCUT2D eigenvalue weighted by molar-refractivity contribution is 6.32. The van der Waals surface area contributed by atoms with Gasteiger partial charge in [-0.2, -0.15) is 5.10 Å². The molecule has 2 aromatic heterocycles. The molecule has 0 radical (unpaired) electrons. The summed E-state index contributed by atoms with van der Waals surface area (Å²) in [6.07, 6.45) is 8.48. The Hall–Kier alpha value is -2.08. The summed E-state index contributed by atoms with van der Waals surface area (Å²) in [5.41, 5.74) is 0.205. The lowest BCUT2D eigenvalue weighted by atomic mass is 10.3. The second-order valence-corrected chi connectivity index (χ2v) is 4.83. The molecule has 0 fully saturated rings. The van der Waals surface area contributed by atoms with Crippen LogP contribution in [0.4, 0.5) is 5.69 Å². The molecule has 106 valence electrons. The second kappa shape index (κ2) is 6.38. The molecule has 7 heteroatoms. The lowest BCUT2D eigenvalue weighted by molar-refractivity contribution is 0.614. The van der Waals surface area contributed by atoms with Crippen LogP contribution in [0.2, 0.25) is 5.02 Å². The number of anilines is 1. The maximum absolute atomic E-state index is 11.9. The molecule has 0 aliphatic rings. The zero-order valence-electron chi connectivity index (χ0n) is 11.2. The van der Waals surface area contributed by atoms with E-state index in [2.05, 4.69) is 22.0 Å². The third-order valence-electron chi connectivity index (χ3n) is 2.73. The fraction of sp³-hybridized carbons (Fsp3) is 0.308. The minimum Gasteiger partial charge on any atom is -0.378 e. The van der Waals surface area contributed by atoms with Gasteiger partial charge < -0.3 is 9.88 Å². The molecule has 0 aliphatic heterocycles. The van der Waals surface area contributed by atoms with Crippen LogP contribution in [-0.4, -0.2) is 25.4 Å². The van der Waals surface area contributed by atoms with E-state index in [-0.39, 0.29) is 16.6 Å². The van der Waals surface area contributed by atoms with Gasteiger partial charge in [0.05, 0.1) is 24.8 Å². The lowest BCUT2D eigenvalue weighted by Crippen LogP contribution is -2.27. The van der Waals surface area contributed by atoms with Crippen LogP contribution in [0.3, 0.4) is 0 Å². The molecule has 0 saturated heterocycles. The minimum atomic E-state index is -0.327. The molecule has 0 bridgehead atoms. The fourth-order valence-electron chi connectivity index (χ4n) is 1.84. The number of allylic oxidation sites excluding steroid dienone is 1. The van der Waals surface area contributed by atoms with E-state index in [0.29, 0.717) is 18.8 Å². The van der Waals surface area contributed by atoms with Gasteiger partial charge in [-0.3, -0.25) is 4.79 Å². The normalized spacial score (nSPS) is 12.1. The third-order valence-corrected chi connectivity index (χ3v) is 3.10. The van der Waals surface area contributed by atoms with Crippen LogP contribution in [0.25, 0.3) is 0 Å². The second-order valence-electron chi connectivity index (χ2n) is 4.45. The van der Waals surface area contributed by atoms with Gasteiger partial charge in [0.1, 0.15) is 5.02 Å². The SMILES string of the molecule is C=CCn1ncc(NC(C)Cn2ccnc2)c(Cl)c1=O. The molecule has 1 atom stereocenters. The Morgan fingerprint density at radius 2 is 2.40 bits per heavy atom. The summed E-state index contributed by atoms with van der Waals surface area (Å²) in [5.74, 6) is 0. The topological polar surface area (TPSA) is 64.7 Å². The first kappa shape index (κ1) is 14.3. The summed E-state index contributed by atoms with van der Waals surface area (Å²) in [4.78, 5) is 15.9. The minimum absolute atomic E-state index is 0.0816. The first-order valence-corrected chi connectivity index (χ1v) is 6.58. The van der Waals surface area contributed by atoms with Gasteiger partial charge in [-0.1, -0.05) is 17.7 Å². The van der Waals surface area contributed by atoms with E-state index < -0.39 is 0 Å². The van der Waals surface area contributed by atoms with Gasteiger partial charge in [-0.25, -0.2) is 9.67 Å². The van der Waals surface area contributed by atoms with E-state index in [9.17, 15) is 4.79 Å². The molecular weight excluding hydrogens is 278 g/mol. The summed E-state index contributed by atoms with van der Waals surface area (Å²) in [6, 6.07) is 0.0816. The quantitative estimate of drug-likeness (QED) is 0.825. The van der Waals surface area contributed by atoms with Crippen LogP contribution < -0.4 is 10.9 Å². The molecule has 0 spiro atoms. The fourth-order valence-corrected chi connectivity index (χ4v) is 2.04. The highest BCUT2D eigenvalue weighted by Crippen LogP contribution is 2.16. The molecule has 2 aromatic rings. The summed E-state index contributed by atoms with van der Waals surface area (Å²) in [7, 11) is 0. The Morgan fingerprint density at radius 3 is 3.05 bits per heavy atom. The average Bonchev–Trinajstić information content (AvgIpc) is 2.91. The Bertz CT molecular complexity index is 635. The highest BCUT2D eigenvalue weighted by atomic mass is 35.5. The number of imidazole rings is 1. The molecule has 0 amide bonds. The van der Waals surface area contributed by atoms with E-state index in [0.717, 1.165) is 0 Å². The molecular formula is C13H16ClN5O. The predicted molar refractivity (Wildman–Crippen MR) is 79.0 cm³/mol. The highest BCUT2D eigenvalue weighted by Gasteiger charge is 2.11. The molecule has 1 unspecified atom stereocenters. The number of hydrogen-bond acceptors (Lipinski definition) is 4. The van der Waals surface area contributed by atoms with Crippen LogP contribution in [-0.2, 0) is 13.1 Å². The van der Waals surface area contributed by atoms with Gasteiger partial charge in [-0.15, -0.1) is 6.58 Å². The van der Waals surface area contributed by atoms with Gasteiger partial charge in [0.15, 0.2) is 0 Å². The summed E-state index contributed by atoms with van der Waals surface area (Å²) in [6.45, 7) is 6.61. The molecule has 2 rings (SSSR count). The maximum atomic E-state index is 11.9. The molecule has 1 N–H and O–H groups in total. The van der Waals surface area contributed by atoms with Gasteiger partial charge in [0, 0.05) is 25.0 Å². The van der Waals surface area contributed by atoms with Crippen molar-refractivity contribution in [2.75, 3.05) is 5.32 Å². The number of halogens is 1. The van der Waals surface area contributed by atoms with Crippen molar-refractivity contribution in [1.82, 2.24) is 19.3 Å². The number of hydrogen-bond donors (Lipinski definition) is 1. The largest absolute Gasteiger partial charge is 0.378 e. The van der Waals surface area contributed by atoms with Crippen molar-refractivity contribution in [1.29, 1.82) is 0 Å². The standard InChI is InChI=1S/C13H16ClN5O/c1-3-5-19-13(20)12(14)11(7-16-19)17-10(2)8-18-6-4-15-9-18/h3-4,6-7,9-10,17H,1,5,8H2,2H3. The van der Waals surface area contributed by atoms with Crippen LogP contribution >= 0.6 is 11.6 Å². The van der Waals surface area contributed by atoms with Gasteiger partial charge >= 0.3 is 0 Å². The van der Waals surface area contributed by atoms with Crippen molar-refractivity contribution < 1.29 is 0 Å². The third kappa shape index (κ3) is 3.27. The average molecular weight is 294 g/mol. The Morgan fingerprint density at radius 1 is 1.60 bits per heavy atom. The Kier molecular flexibility index (Phi) is 4.57. The number of nitrogens with one attached hydrogen (secondary N) is 1. The first-order chi connectivity index (χ1) is 9.61. The number of nitrogens with zero attached hydrogens (tertiary/aromatic N) is 4. The predicted octanol–water partition coefficient (Wildman–Crippen LogP) is 1.78. The van der Waals surface area contributed by atoms with E-state index in [1.807, 2.05) is 17.7 Å². The van der Waals surface area contributed by atoms with Crippen LogP contribution in [0.15, 0.2) is 42.4 Å². The first-order valence-electron chi connectivity index (χ1n) is 6.20. The Balaban J connectivity index is 2.11. The van der Waals surface area contributed by atoms with Crippen molar-refractivity contribution >= 4 is 17.3 Å². The van der Waals surface area contributed by atoms with Crippen molar-refractivity contribution in [2.45, 2.75) is 26.1 Å². The molecule has 0 aliphatic carbocycles. The smallest absolute Gasteiger partial charge is 0.287 e. The van der Waals surface area contributed by atoms with Crippen LogP contribution in [0.1, 0.15) is 6.92 Å². The van der Waals surface area contributed by atoms with Gasteiger partial charge in [0.2, 0.25) is 0 Å². The van der Waals surface area contributed by atoms with E-state index in [1.165, 1.54) is 4.68 Å². The molecule has 0 saturated carbocycles. The lowest BCUT2D eigenvalue weighted by Gasteiger charge is -2.16. The zero-order chi connectivity index (χ0) is 14.5. The summed E-state index contributed by atoms with van der Waals surface area (Å²) < 4.78 is 3.21. The molecule has 2 heterocycles. The van der Waals surface area contributed by atoms with Crippen LogP contribution in [0, 0.1) is 0 Å². The van der Waals surface area contributed by atoms with Crippen LogP contribution in [0.5, 0.6) is 0 Å². The van der Waals surface area contributed by atoms with E-state index in [4.69, 9.17) is 11.6 Å². The van der Waals surface area contributed by atoms with Gasteiger partial charge in [-0.05, 0) is 6.92 Å². The van der Waals surface area contributed by atoms with E-state index >= 15 is 0 Å². The van der Waals surface area contributed by atoms with E-state index in [1.54, 1.807) is 24.8 Å². The molecule has 0 aromatic carbocycles. The van der Waals surface area contributed by atoms with Crippen molar-refractivity contribution in [3.05, 3.63) is 52.9 Å². The van der Waals surface area contributed by atoms with Crippen molar-refractivity contribution in [3.63, 3.8) is 0 Å². The monoisotopic (exact) mass is 293 g/mol. The number of aromatic nitrogens is 4. The maximum Gasteiger partial charge on any atom is 0.287 e. The van der Waals surface area contributed by atoms with Gasteiger partial charge in [0.25, 0.3) is 5.56 Å². The van der Waals surface area contributed by atoms with Crippen molar-refractivity contribution in [3.8, 4) is 0 Å². The zero-order valence-corrected chi connectivity index (χ0v) is 11.9. The molecule has 6 nitrogen and oxygen atoms in total. The summed E-state index contributed by atoms with van der Waals surface area (Å²) >= 11 is 6.07. The molecule has 20 heavy (non-hydrogen) atoms. The summed E-state index contributed by atoms with van der Waals surface area (Å²) in [5, 5.41) is 7.36.